The van der Waals surface area contributed by atoms with Crippen molar-refractivity contribution in [1.82, 2.24) is 0 Å². The lowest BCUT2D eigenvalue weighted by molar-refractivity contribution is 0.0288. The van der Waals surface area contributed by atoms with E-state index in [4.69, 9.17) is 9.15 Å². The summed E-state index contributed by atoms with van der Waals surface area (Å²) in [7, 11) is 0. The molecule has 0 fully saturated rings. The molecule has 4 nitrogen and oxygen atoms in total. The van der Waals surface area contributed by atoms with Gasteiger partial charge in [0.2, 0.25) is 11.5 Å². The highest BCUT2D eigenvalue weighted by molar-refractivity contribution is 9.10. The number of hydrogen-bond donors (Lipinski definition) is 0. The van der Waals surface area contributed by atoms with Crippen molar-refractivity contribution in [2.45, 2.75) is 13.0 Å². The van der Waals surface area contributed by atoms with Gasteiger partial charge in [0.15, 0.2) is 10.8 Å². The van der Waals surface area contributed by atoms with Crippen LogP contribution in [0, 0.1) is 0 Å². The quantitative estimate of drug-likeness (QED) is 0.638. The van der Waals surface area contributed by atoms with Crippen LogP contribution in [-0.4, -0.2) is 17.9 Å². The molecule has 0 spiro atoms. The molecular weight excluding hydrogens is 312 g/mol. The predicted octanol–water partition coefficient (Wildman–Crippen LogP) is 3.47. The summed E-state index contributed by atoms with van der Waals surface area (Å²) in [6.45, 7) is 1.53. The lowest BCUT2D eigenvalue weighted by atomic mass is 10.1. The average molecular weight is 323 g/mol. The van der Waals surface area contributed by atoms with Gasteiger partial charge in [-0.3, -0.25) is 4.79 Å². The van der Waals surface area contributed by atoms with Crippen LogP contribution >= 0.6 is 15.9 Å². The summed E-state index contributed by atoms with van der Waals surface area (Å²) in [6, 6.07) is 11.7. The highest BCUT2D eigenvalue weighted by atomic mass is 79.9. The van der Waals surface area contributed by atoms with E-state index in [-0.39, 0.29) is 11.5 Å². The number of ketones is 1. The summed E-state index contributed by atoms with van der Waals surface area (Å²) in [5, 5.41) is 0. The first kappa shape index (κ1) is 13.5. The van der Waals surface area contributed by atoms with Crippen molar-refractivity contribution in [3.8, 4) is 0 Å². The number of benzene rings is 1. The predicted molar refractivity (Wildman–Crippen MR) is 72.1 cm³/mol. The van der Waals surface area contributed by atoms with Gasteiger partial charge in [0.25, 0.3) is 0 Å². The van der Waals surface area contributed by atoms with Crippen molar-refractivity contribution >= 4 is 27.7 Å². The summed E-state index contributed by atoms with van der Waals surface area (Å²) in [6.07, 6.45) is -0.862. The highest BCUT2D eigenvalue weighted by Gasteiger charge is 2.21. The van der Waals surface area contributed by atoms with Crippen LogP contribution in [0.25, 0.3) is 0 Å². The number of rotatable bonds is 4. The van der Waals surface area contributed by atoms with Crippen molar-refractivity contribution < 1.29 is 18.7 Å². The number of esters is 1. The number of furan rings is 1. The maximum absolute atomic E-state index is 12.0. The molecule has 0 aliphatic rings. The molecular formula is C14H11BrO4. The van der Waals surface area contributed by atoms with Gasteiger partial charge in [0, 0.05) is 5.56 Å². The Labute approximate surface area is 118 Å². The fourth-order valence-electron chi connectivity index (χ4n) is 1.53. The standard InChI is InChI=1S/C14H11BrO4/c1-9(13(16)10-5-3-2-4-6-10)18-14(17)11-7-8-12(15)19-11/h2-9H,1H3. The average Bonchev–Trinajstić information content (AvgIpc) is 2.85. The van der Waals surface area contributed by atoms with E-state index in [9.17, 15) is 9.59 Å². The molecule has 19 heavy (non-hydrogen) atoms. The minimum atomic E-state index is -0.862. The molecule has 1 aromatic carbocycles. The van der Waals surface area contributed by atoms with Gasteiger partial charge in [-0.25, -0.2) is 4.79 Å². The zero-order chi connectivity index (χ0) is 13.8. The minimum absolute atomic E-state index is 0.0552. The van der Waals surface area contributed by atoms with Crippen LogP contribution < -0.4 is 0 Å². The maximum atomic E-state index is 12.0. The number of carbonyl (C=O) groups is 2. The van der Waals surface area contributed by atoms with Crippen LogP contribution in [0.2, 0.25) is 0 Å². The fraction of sp³-hybridized carbons (Fsp3) is 0.143. The number of hydrogen-bond acceptors (Lipinski definition) is 4. The molecule has 1 aromatic heterocycles. The highest BCUT2D eigenvalue weighted by Crippen LogP contribution is 2.16. The second kappa shape index (κ2) is 5.84. The lowest BCUT2D eigenvalue weighted by Crippen LogP contribution is -2.24. The Morgan fingerprint density at radius 2 is 1.84 bits per heavy atom. The smallest absolute Gasteiger partial charge is 0.374 e. The topological polar surface area (TPSA) is 56.5 Å². The molecule has 98 valence electrons. The SMILES string of the molecule is CC(OC(=O)c1ccc(Br)o1)C(=O)c1ccccc1. The third kappa shape index (κ3) is 3.32. The van der Waals surface area contributed by atoms with Gasteiger partial charge < -0.3 is 9.15 Å². The van der Waals surface area contributed by atoms with Gasteiger partial charge in [-0.05, 0) is 35.0 Å². The molecule has 0 saturated carbocycles. The molecule has 1 unspecified atom stereocenters. The van der Waals surface area contributed by atoms with Crippen LogP contribution in [-0.2, 0) is 4.74 Å². The van der Waals surface area contributed by atoms with Crippen LogP contribution in [0.3, 0.4) is 0 Å². The monoisotopic (exact) mass is 322 g/mol. The van der Waals surface area contributed by atoms with Gasteiger partial charge in [-0.15, -0.1) is 0 Å². The van der Waals surface area contributed by atoms with Crippen LogP contribution in [0.4, 0.5) is 0 Å². The minimum Gasteiger partial charge on any atom is -0.448 e. The molecule has 0 bridgehead atoms. The summed E-state index contributed by atoms with van der Waals surface area (Å²) in [5.74, 6) is -0.860. The zero-order valence-corrected chi connectivity index (χ0v) is 11.7. The van der Waals surface area contributed by atoms with E-state index in [1.807, 2.05) is 6.07 Å². The number of ether oxygens (including phenoxy) is 1. The Balaban J connectivity index is 2.03. The van der Waals surface area contributed by atoms with E-state index >= 15 is 0 Å². The largest absolute Gasteiger partial charge is 0.448 e. The number of Topliss-reactive ketones (excluding diaryl/α,β-unsaturated/α-hetero) is 1. The number of halogens is 1. The fourth-order valence-corrected chi connectivity index (χ4v) is 1.84. The van der Waals surface area contributed by atoms with Gasteiger partial charge in [-0.1, -0.05) is 30.3 Å². The van der Waals surface area contributed by atoms with Gasteiger partial charge in [0.05, 0.1) is 0 Å². The van der Waals surface area contributed by atoms with Gasteiger partial charge in [-0.2, -0.15) is 0 Å². The number of carbonyl (C=O) groups excluding carboxylic acids is 2. The van der Waals surface area contributed by atoms with E-state index in [0.29, 0.717) is 10.2 Å². The Morgan fingerprint density at radius 1 is 1.16 bits per heavy atom. The van der Waals surface area contributed by atoms with E-state index in [1.165, 1.54) is 13.0 Å². The van der Waals surface area contributed by atoms with E-state index < -0.39 is 12.1 Å². The molecule has 1 atom stereocenters. The first-order valence-electron chi connectivity index (χ1n) is 5.63. The molecule has 0 amide bonds. The van der Waals surface area contributed by atoms with E-state index in [2.05, 4.69) is 15.9 Å². The second-order valence-corrected chi connectivity index (χ2v) is 4.66. The van der Waals surface area contributed by atoms with Crippen LogP contribution in [0.1, 0.15) is 27.8 Å². The first-order chi connectivity index (χ1) is 9.08. The Morgan fingerprint density at radius 3 is 2.42 bits per heavy atom. The lowest BCUT2D eigenvalue weighted by Gasteiger charge is -2.11. The Bertz CT molecular complexity index is 589. The second-order valence-electron chi connectivity index (χ2n) is 3.88. The molecule has 2 rings (SSSR count). The van der Waals surface area contributed by atoms with Crippen molar-refractivity contribution in [3.63, 3.8) is 0 Å². The third-order valence-electron chi connectivity index (χ3n) is 2.49. The van der Waals surface area contributed by atoms with Crippen LogP contribution in [0.15, 0.2) is 51.6 Å². The molecule has 0 aliphatic carbocycles. The Hall–Kier alpha value is -1.88. The first-order valence-corrected chi connectivity index (χ1v) is 6.43. The molecule has 5 heteroatoms. The van der Waals surface area contributed by atoms with Crippen molar-refractivity contribution in [1.29, 1.82) is 0 Å². The van der Waals surface area contributed by atoms with E-state index in [0.717, 1.165) is 0 Å². The van der Waals surface area contributed by atoms with Crippen molar-refractivity contribution in [3.05, 3.63) is 58.5 Å². The molecule has 0 saturated heterocycles. The molecule has 0 aliphatic heterocycles. The zero-order valence-electron chi connectivity index (χ0n) is 10.1. The maximum Gasteiger partial charge on any atom is 0.374 e. The summed E-state index contributed by atoms with van der Waals surface area (Å²) < 4.78 is 10.6. The van der Waals surface area contributed by atoms with Crippen molar-refractivity contribution in [2.24, 2.45) is 0 Å². The van der Waals surface area contributed by atoms with Gasteiger partial charge >= 0.3 is 5.97 Å². The third-order valence-corrected chi connectivity index (χ3v) is 2.91. The normalized spacial score (nSPS) is 11.9. The Kier molecular flexibility index (Phi) is 4.16. The van der Waals surface area contributed by atoms with E-state index in [1.54, 1.807) is 30.3 Å². The summed E-state index contributed by atoms with van der Waals surface area (Å²) in [5.41, 5.74) is 0.503. The molecule has 0 N–H and O–H groups in total. The molecule has 0 radical (unpaired) electrons. The molecule has 1 heterocycles. The summed E-state index contributed by atoms with van der Waals surface area (Å²) >= 11 is 3.09. The van der Waals surface area contributed by atoms with Crippen molar-refractivity contribution in [2.75, 3.05) is 0 Å². The molecule has 2 aromatic rings. The van der Waals surface area contributed by atoms with Gasteiger partial charge in [0.1, 0.15) is 0 Å². The summed E-state index contributed by atoms with van der Waals surface area (Å²) in [4.78, 5) is 23.7. The van der Waals surface area contributed by atoms with Crippen LogP contribution in [0.5, 0.6) is 0 Å².